The third kappa shape index (κ3) is 8.15. The monoisotopic (exact) mass is 527 g/mol. The lowest BCUT2D eigenvalue weighted by Crippen LogP contribution is -2.28. The molecular formula is C23H24F3N3O8. The summed E-state index contributed by atoms with van der Waals surface area (Å²) in [5.41, 5.74) is -0.690. The van der Waals surface area contributed by atoms with Crippen LogP contribution in [0.15, 0.2) is 36.4 Å². The van der Waals surface area contributed by atoms with Crippen molar-refractivity contribution in [1.82, 2.24) is 0 Å². The first kappa shape index (κ1) is 29.0. The molecule has 11 nitrogen and oxygen atoms in total. The molecule has 0 aromatic heterocycles. The zero-order chi connectivity index (χ0) is 27.8. The van der Waals surface area contributed by atoms with Crippen LogP contribution in [-0.2, 0) is 9.47 Å². The standard InChI is InChI=1S/C15H18F2N2O4.C8H6FNO4/c1-23-14(20)11-2-3-12(13(8-11)19(21)22)18-9-10-4-6-15(16,17)7-5-10;1-14-8(11)5-2-3-6(9)7(4-5)10(12)13/h2-3,8,10,18H,4-7,9H2,1H3;2-4H,1H3. The van der Waals surface area contributed by atoms with Crippen LogP contribution in [0.25, 0.3) is 0 Å². The molecule has 1 fully saturated rings. The van der Waals surface area contributed by atoms with E-state index in [0.29, 0.717) is 19.4 Å². The van der Waals surface area contributed by atoms with Gasteiger partial charge in [0.1, 0.15) is 5.69 Å². The van der Waals surface area contributed by atoms with Gasteiger partial charge in [0.15, 0.2) is 0 Å². The van der Waals surface area contributed by atoms with Crippen molar-refractivity contribution < 1.29 is 42.1 Å². The molecule has 2 aromatic carbocycles. The van der Waals surface area contributed by atoms with Gasteiger partial charge in [-0.2, -0.15) is 4.39 Å². The van der Waals surface area contributed by atoms with Gasteiger partial charge >= 0.3 is 17.6 Å². The van der Waals surface area contributed by atoms with Gasteiger partial charge in [0.05, 0.1) is 35.2 Å². The number of nitrogens with zero attached hydrogens (tertiary/aromatic N) is 2. The molecule has 0 atom stereocenters. The molecule has 1 saturated carbocycles. The normalized spacial score (nSPS) is 14.5. The zero-order valence-corrected chi connectivity index (χ0v) is 19.9. The molecule has 3 rings (SSSR count). The molecule has 0 heterocycles. The Morgan fingerprint density at radius 3 is 1.92 bits per heavy atom. The second kappa shape index (κ2) is 12.6. The fraction of sp³-hybridized carbons (Fsp3) is 0.391. The van der Waals surface area contributed by atoms with Gasteiger partial charge < -0.3 is 14.8 Å². The smallest absolute Gasteiger partial charge is 0.338 e. The average molecular weight is 527 g/mol. The summed E-state index contributed by atoms with van der Waals surface area (Å²) in [5, 5.41) is 24.4. The number of nitro groups is 2. The molecule has 0 bridgehead atoms. The molecule has 1 aliphatic carbocycles. The summed E-state index contributed by atoms with van der Waals surface area (Å²) in [6.07, 6.45) is 0.466. The highest BCUT2D eigenvalue weighted by atomic mass is 19.3. The lowest BCUT2D eigenvalue weighted by atomic mass is 9.87. The number of hydrogen-bond acceptors (Lipinski definition) is 9. The lowest BCUT2D eigenvalue weighted by Gasteiger charge is -2.28. The van der Waals surface area contributed by atoms with E-state index in [9.17, 15) is 43.0 Å². The minimum absolute atomic E-state index is 0.0505. The first-order valence-corrected chi connectivity index (χ1v) is 10.9. The molecule has 1 aliphatic rings. The number of nitro benzene ring substituents is 2. The van der Waals surface area contributed by atoms with E-state index >= 15 is 0 Å². The Kier molecular flexibility index (Phi) is 9.91. The van der Waals surface area contributed by atoms with Gasteiger partial charge in [-0.25, -0.2) is 18.4 Å². The Balaban J connectivity index is 0.000000294. The van der Waals surface area contributed by atoms with E-state index in [1.54, 1.807) is 0 Å². The van der Waals surface area contributed by atoms with E-state index in [-0.39, 0.29) is 41.3 Å². The Hall–Kier alpha value is -4.23. The van der Waals surface area contributed by atoms with Crippen molar-refractivity contribution in [3.8, 4) is 0 Å². The molecule has 2 aromatic rings. The van der Waals surface area contributed by atoms with Crippen molar-refractivity contribution >= 4 is 29.0 Å². The van der Waals surface area contributed by atoms with Gasteiger partial charge in [0.2, 0.25) is 11.7 Å². The topological polar surface area (TPSA) is 151 Å². The highest BCUT2D eigenvalue weighted by molar-refractivity contribution is 5.91. The Morgan fingerprint density at radius 1 is 0.946 bits per heavy atom. The summed E-state index contributed by atoms with van der Waals surface area (Å²) in [6, 6.07) is 6.81. The molecular weight excluding hydrogens is 503 g/mol. The molecule has 0 saturated heterocycles. The zero-order valence-electron chi connectivity index (χ0n) is 19.9. The number of rotatable bonds is 7. The minimum atomic E-state index is -2.59. The predicted octanol–water partition coefficient (Wildman–Crippen LogP) is 5.14. The molecule has 0 spiro atoms. The van der Waals surface area contributed by atoms with Crippen molar-refractivity contribution in [3.05, 3.63) is 73.6 Å². The fourth-order valence-corrected chi connectivity index (χ4v) is 3.53. The van der Waals surface area contributed by atoms with Crippen LogP contribution in [0.5, 0.6) is 0 Å². The second-order valence-corrected chi connectivity index (χ2v) is 8.08. The van der Waals surface area contributed by atoms with Crippen LogP contribution >= 0.6 is 0 Å². The summed E-state index contributed by atoms with van der Waals surface area (Å²) >= 11 is 0. The van der Waals surface area contributed by atoms with Crippen LogP contribution < -0.4 is 5.32 Å². The van der Waals surface area contributed by atoms with Crippen LogP contribution in [0.3, 0.4) is 0 Å². The van der Waals surface area contributed by atoms with Crippen molar-refractivity contribution in [2.45, 2.75) is 31.6 Å². The van der Waals surface area contributed by atoms with Crippen molar-refractivity contribution in [2.24, 2.45) is 5.92 Å². The average Bonchev–Trinajstić information content (AvgIpc) is 2.87. The minimum Gasteiger partial charge on any atom is -0.465 e. The van der Waals surface area contributed by atoms with Crippen molar-refractivity contribution in [3.63, 3.8) is 0 Å². The number of benzene rings is 2. The molecule has 0 unspecified atom stereocenters. The first-order valence-electron chi connectivity index (χ1n) is 10.9. The third-order valence-corrected chi connectivity index (χ3v) is 5.60. The number of hydrogen-bond donors (Lipinski definition) is 1. The molecule has 37 heavy (non-hydrogen) atoms. The quantitative estimate of drug-likeness (QED) is 0.293. The number of nitrogens with one attached hydrogen (secondary N) is 1. The van der Waals surface area contributed by atoms with E-state index in [4.69, 9.17) is 0 Å². The summed E-state index contributed by atoms with van der Waals surface area (Å²) < 4.78 is 47.9. The summed E-state index contributed by atoms with van der Waals surface area (Å²) in [4.78, 5) is 42.3. The summed E-state index contributed by atoms with van der Waals surface area (Å²) in [6.45, 7) is 0.383. The van der Waals surface area contributed by atoms with E-state index in [1.165, 1.54) is 19.2 Å². The van der Waals surface area contributed by atoms with Crippen LogP contribution in [0, 0.1) is 32.0 Å². The Bertz CT molecular complexity index is 1170. The maximum atomic E-state index is 13.1. The van der Waals surface area contributed by atoms with E-state index in [1.807, 2.05) is 0 Å². The number of anilines is 1. The maximum absolute atomic E-state index is 13.1. The second-order valence-electron chi connectivity index (χ2n) is 8.08. The van der Waals surface area contributed by atoms with Gasteiger partial charge in [-0.3, -0.25) is 20.2 Å². The highest BCUT2D eigenvalue weighted by Crippen LogP contribution is 2.36. The van der Waals surface area contributed by atoms with Gasteiger partial charge in [0, 0.05) is 31.5 Å². The molecule has 0 aliphatic heterocycles. The lowest BCUT2D eigenvalue weighted by molar-refractivity contribution is -0.387. The molecule has 14 heteroatoms. The van der Waals surface area contributed by atoms with Crippen LogP contribution in [0.1, 0.15) is 46.4 Å². The maximum Gasteiger partial charge on any atom is 0.338 e. The molecule has 0 amide bonds. The number of halogens is 3. The molecule has 1 N–H and O–H groups in total. The van der Waals surface area contributed by atoms with Gasteiger partial charge in [-0.05, 0) is 43.0 Å². The Labute approximate surface area is 208 Å². The fourth-order valence-electron chi connectivity index (χ4n) is 3.53. The van der Waals surface area contributed by atoms with Gasteiger partial charge in [-0.15, -0.1) is 0 Å². The highest BCUT2D eigenvalue weighted by Gasteiger charge is 2.34. The summed E-state index contributed by atoms with van der Waals surface area (Å²) in [5.74, 6) is -4.93. The van der Waals surface area contributed by atoms with E-state index < -0.39 is 39.2 Å². The van der Waals surface area contributed by atoms with Gasteiger partial charge in [0.25, 0.3) is 5.69 Å². The van der Waals surface area contributed by atoms with Crippen LogP contribution in [0.4, 0.5) is 30.2 Å². The van der Waals surface area contributed by atoms with Crippen LogP contribution in [0.2, 0.25) is 0 Å². The van der Waals surface area contributed by atoms with E-state index in [2.05, 4.69) is 14.8 Å². The first-order chi connectivity index (χ1) is 17.4. The van der Waals surface area contributed by atoms with Crippen molar-refractivity contribution in [1.29, 1.82) is 0 Å². The van der Waals surface area contributed by atoms with Gasteiger partial charge in [-0.1, -0.05) is 0 Å². The largest absolute Gasteiger partial charge is 0.465 e. The Morgan fingerprint density at radius 2 is 1.43 bits per heavy atom. The number of ether oxygens (including phenoxy) is 2. The summed E-state index contributed by atoms with van der Waals surface area (Å²) in [7, 11) is 2.33. The predicted molar refractivity (Wildman–Crippen MR) is 124 cm³/mol. The molecule has 0 radical (unpaired) electrons. The number of esters is 2. The number of alkyl halides is 2. The third-order valence-electron chi connectivity index (χ3n) is 5.60. The number of methoxy groups -OCH3 is 2. The van der Waals surface area contributed by atoms with E-state index in [0.717, 1.165) is 31.4 Å². The van der Waals surface area contributed by atoms with Crippen molar-refractivity contribution in [2.75, 3.05) is 26.1 Å². The SMILES string of the molecule is COC(=O)c1ccc(F)c([N+](=O)[O-])c1.COC(=O)c1ccc(NCC2CCC(F)(F)CC2)c([N+](=O)[O-])c1. The molecule has 200 valence electrons. The number of carbonyl (C=O) groups is 2. The van der Waals surface area contributed by atoms with Crippen LogP contribution in [-0.4, -0.2) is 48.5 Å². The number of carbonyl (C=O) groups excluding carboxylic acids is 2.